The molecule has 1 saturated carbocycles. The Bertz CT molecular complexity index is 385. The van der Waals surface area contributed by atoms with Crippen molar-refractivity contribution in [3.8, 4) is 5.75 Å². The molecule has 1 unspecified atom stereocenters. The average Bonchev–Trinajstić information content (AvgIpc) is 3.01. The summed E-state index contributed by atoms with van der Waals surface area (Å²) in [6, 6.07) is 7.14. The van der Waals surface area contributed by atoms with Gasteiger partial charge >= 0.3 is 0 Å². The van der Waals surface area contributed by atoms with Crippen LogP contribution < -0.4 is 4.74 Å². The van der Waals surface area contributed by atoms with Crippen LogP contribution in [-0.2, 0) is 4.79 Å². The molecule has 2 rings (SSSR count). The van der Waals surface area contributed by atoms with E-state index in [0.717, 1.165) is 0 Å². The number of hydrogen-bond acceptors (Lipinski definition) is 2. The van der Waals surface area contributed by atoms with Gasteiger partial charge in [0.15, 0.2) is 11.9 Å². The van der Waals surface area contributed by atoms with Crippen molar-refractivity contribution in [2.24, 2.45) is 5.92 Å². The maximum atomic E-state index is 11.7. The van der Waals surface area contributed by atoms with Gasteiger partial charge < -0.3 is 4.74 Å². The minimum atomic E-state index is -0.376. The molecule has 1 aliphatic rings. The number of carbonyl (C=O) groups is 1. The third kappa shape index (κ3) is 3.24. The third-order valence-electron chi connectivity index (χ3n) is 2.75. The zero-order valence-corrected chi connectivity index (χ0v) is 10.0. The molecular weight excluding hydrogens is 224 g/mol. The fourth-order valence-corrected chi connectivity index (χ4v) is 1.76. The highest BCUT2D eigenvalue weighted by Crippen LogP contribution is 2.33. The fourth-order valence-electron chi connectivity index (χ4n) is 1.58. The molecule has 1 aromatic carbocycles. The minimum Gasteiger partial charge on any atom is -0.483 e. The van der Waals surface area contributed by atoms with E-state index >= 15 is 0 Å². The topological polar surface area (TPSA) is 26.3 Å². The van der Waals surface area contributed by atoms with Crippen molar-refractivity contribution < 1.29 is 9.53 Å². The maximum absolute atomic E-state index is 11.7. The molecule has 0 bridgehead atoms. The molecule has 0 amide bonds. The summed E-state index contributed by atoms with van der Waals surface area (Å²) in [5.41, 5.74) is 0. The lowest BCUT2D eigenvalue weighted by atomic mass is 10.1. The Labute approximate surface area is 101 Å². The van der Waals surface area contributed by atoms with Gasteiger partial charge in [-0.2, -0.15) is 0 Å². The summed E-state index contributed by atoms with van der Waals surface area (Å²) in [6.07, 6.45) is 2.66. The monoisotopic (exact) mass is 238 g/mol. The Hall–Kier alpha value is -1.02. The second kappa shape index (κ2) is 4.88. The Morgan fingerprint density at radius 3 is 2.94 bits per heavy atom. The first-order valence-electron chi connectivity index (χ1n) is 5.60. The first-order chi connectivity index (χ1) is 7.65. The lowest BCUT2D eigenvalue weighted by Crippen LogP contribution is -2.24. The van der Waals surface area contributed by atoms with E-state index in [9.17, 15) is 4.79 Å². The van der Waals surface area contributed by atoms with Crippen LogP contribution in [0.3, 0.4) is 0 Å². The zero-order chi connectivity index (χ0) is 11.5. The summed E-state index contributed by atoms with van der Waals surface area (Å²) < 4.78 is 5.55. The van der Waals surface area contributed by atoms with E-state index in [4.69, 9.17) is 16.3 Å². The molecule has 1 aliphatic carbocycles. The second-order valence-corrected chi connectivity index (χ2v) is 4.77. The van der Waals surface area contributed by atoms with Gasteiger partial charge in [-0.25, -0.2) is 0 Å². The van der Waals surface area contributed by atoms with Crippen LogP contribution in [0.25, 0.3) is 0 Å². The van der Waals surface area contributed by atoms with Crippen molar-refractivity contribution in [1.82, 2.24) is 0 Å². The first-order valence-corrected chi connectivity index (χ1v) is 5.98. The van der Waals surface area contributed by atoms with E-state index in [2.05, 4.69) is 0 Å². The van der Waals surface area contributed by atoms with Gasteiger partial charge in [0.2, 0.25) is 0 Å². The van der Waals surface area contributed by atoms with Crippen LogP contribution in [0, 0.1) is 5.92 Å². The van der Waals surface area contributed by atoms with Gasteiger partial charge in [-0.3, -0.25) is 4.79 Å². The molecule has 2 nitrogen and oxygen atoms in total. The Morgan fingerprint density at radius 2 is 2.31 bits per heavy atom. The molecule has 0 heterocycles. The van der Waals surface area contributed by atoms with Crippen LogP contribution in [0.5, 0.6) is 5.75 Å². The number of carbonyl (C=O) groups excluding carboxylic acids is 1. The standard InChI is InChI=1S/C13H15ClO2/c1-9(13(15)7-10-5-6-10)16-12-4-2-3-11(14)8-12/h2-4,8-10H,5-7H2,1H3. The molecule has 0 radical (unpaired) electrons. The normalized spacial score (nSPS) is 16.9. The van der Waals surface area contributed by atoms with Crippen molar-refractivity contribution in [2.45, 2.75) is 32.3 Å². The second-order valence-electron chi connectivity index (χ2n) is 4.33. The Balaban J connectivity index is 1.90. The van der Waals surface area contributed by atoms with Gasteiger partial charge in [-0.1, -0.05) is 17.7 Å². The van der Waals surface area contributed by atoms with Gasteiger partial charge in [-0.05, 0) is 43.9 Å². The van der Waals surface area contributed by atoms with Gasteiger partial charge in [0.05, 0.1) is 0 Å². The molecule has 0 saturated heterocycles. The molecule has 16 heavy (non-hydrogen) atoms. The SMILES string of the molecule is CC(Oc1cccc(Cl)c1)C(=O)CC1CC1. The highest BCUT2D eigenvalue weighted by Gasteiger charge is 2.27. The first kappa shape index (κ1) is 11.5. The minimum absolute atomic E-state index is 0.183. The van der Waals surface area contributed by atoms with Crippen LogP contribution in [0.4, 0.5) is 0 Å². The number of halogens is 1. The summed E-state index contributed by atoms with van der Waals surface area (Å²) >= 11 is 5.84. The third-order valence-corrected chi connectivity index (χ3v) is 2.98. The van der Waals surface area contributed by atoms with E-state index in [-0.39, 0.29) is 11.9 Å². The molecule has 1 aromatic rings. The van der Waals surface area contributed by atoms with Crippen LogP contribution in [0.2, 0.25) is 5.02 Å². The molecular formula is C13H15ClO2. The molecule has 1 atom stereocenters. The summed E-state index contributed by atoms with van der Waals surface area (Å²) in [4.78, 5) is 11.7. The van der Waals surface area contributed by atoms with Crippen molar-refractivity contribution in [3.63, 3.8) is 0 Å². The van der Waals surface area contributed by atoms with Crippen LogP contribution >= 0.6 is 11.6 Å². The maximum Gasteiger partial charge on any atom is 0.173 e. The quantitative estimate of drug-likeness (QED) is 0.785. The number of hydrogen-bond donors (Lipinski definition) is 0. The molecule has 3 heteroatoms. The van der Waals surface area contributed by atoms with Gasteiger partial charge in [0.25, 0.3) is 0 Å². The molecule has 86 valence electrons. The largest absolute Gasteiger partial charge is 0.483 e. The Morgan fingerprint density at radius 1 is 1.56 bits per heavy atom. The van der Waals surface area contributed by atoms with Crippen molar-refractivity contribution in [3.05, 3.63) is 29.3 Å². The molecule has 0 aromatic heterocycles. The predicted molar refractivity (Wildman–Crippen MR) is 63.9 cm³/mol. The van der Waals surface area contributed by atoms with E-state index in [0.29, 0.717) is 23.1 Å². The van der Waals surface area contributed by atoms with E-state index < -0.39 is 0 Å². The van der Waals surface area contributed by atoms with Crippen LogP contribution in [0.15, 0.2) is 24.3 Å². The number of rotatable bonds is 5. The molecule has 1 fully saturated rings. The number of benzene rings is 1. The summed E-state index contributed by atoms with van der Waals surface area (Å²) in [6.45, 7) is 1.80. The summed E-state index contributed by atoms with van der Waals surface area (Å²) in [7, 11) is 0. The highest BCUT2D eigenvalue weighted by molar-refractivity contribution is 6.30. The predicted octanol–water partition coefficient (Wildman–Crippen LogP) is 3.48. The number of Topliss-reactive ketones (excluding diaryl/α,β-unsaturated/α-hetero) is 1. The molecule has 0 aliphatic heterocycles. The number of ketones is 1. The lowest BCUT2D eigenvalue weighted by molar-refractivity contribution is -0.125. The van der Waals surface area contributed by atoms with Crippen LogP contribution in [0.1, 0.15) is 26.2 Å². The summed E-state index contributed by atoms with van der Waals surface area (Å²) in [5, 5.41) is 0.624. The van der Waals surface area contributed by atoms with Crippen molar-refractivity contribution in [1.29, 1.82) is 0 Å². The number of ether oxygens (including phenoxy) is 1. The van der Waals surface area contributed by atoms with E-state index in [1.54, 1.807) is 19.1 Å². The van der Waals surface area contributed by atoms with Gasteiger partial charge in [0, 0.05) is 11.4 Å². The van der Waals surface area contributed by atoms with Gasteiger partial charge in [-0.15, -0.1) is 0 Å². The molecule has 0 spiro atoms. The summed E-state index contributed by atoms with van der Waals surface area (Å²) in [5.74, 6) is 1.45. The van der Waals surface area contributed by atoms with Crippen molar-refractivity contribution in [2.75, 3.05) is 0 Å². The van der Waals surface area contributed by atoms with E-state index in [1.165, 1.54) is 12.8 Å². The van der Waals surface area contributed by atoms with Crippen molar-refractivity contribution >= 4 is 17.4 Å². The van der Waals surface area contributed by atoms with Crippen LogP contribution in [-0.4, -0.2) is 11.9 Å². The smallest absolute Gasteiger partial charge is 0.173 e. The lowest BCUT2D eigenvalue weighted by Gasteiger charge is -2.13. The van der Waals surface area contributed by atoms with Gasteiger partial charge in [0.1, 0.15) is 5.75 Å². The Kier molecular flexibility index (Phi) is 3.49. The molecule has 0 N–H and O–H groups in total. The highest BCUT2D eigenvalue weighted by atomic mass is 35.5. The average molecular weight is 239 g/mol. The fraction of sp³-hybridized carbons (Fsp3) is 0.462. The zero-order valence-electron chi connectivity index (χ0n) is 9.28. The van der Waals surface area contributed by atoms with E-state index in [1.807, 2.05) is 12.1 Å².